The number of aliphatic hydroxyl groups excluding tert-OH is 1. The number of methoxy groups -OCH3 is 1. The van der Waals surface area contributed by atoms with Crippen LogP contribution in [0.3, 0.4) is 0 Å². The number of carbonyl (C=O) groups is 2. The zero-order valence-corrected chi connectivity index (χ0v) is 12.9. The fourth-order valence-corrected chi connectivity index (χ4v) is 2.01. The standard InChI is InChI=1S/C16H22O5/c1-5-6-7-8-9-16(3)14(18)13(15(19)20-4)12(21-16)10-11(2)17/h6-9,11,17H,5,10H2,1-4H3/b7-6+,9-8+/t11-,16-/m1/s1. The van der Waals surface area contributed by atoms with Gasteiger partial charge in [0.15, 0.2) is 5.60 Å². The molecular formula is C16H22O5. The van der Waals surface area contributed by atoms with Crippen LogP contribution in [0.15, 0.2) is 35.6 Å². The topological polar surface area (TPSA) is 72.8 Å². The van der Waals surface area contributed by atoms with E-state index in [2.05, 4.69) is 4.74 Å². The van der Waals surface area contributed by atoms with Crippen LogP contribution in [0.4, 0.5) is 0 Å². The first-order valence-electron chi connectivity index (χ1n) is 6.93. The molecule has 21 heavy (non-hydrogen) atoms. The lowest BCUT2D eigenvalue weighted by atomic mass is 9.95. The monoisotopic (exact) mass is 294 g/mol. The number of esters is 1. The smallest absolute Gasteiger partial charge is 0.345 e. The minimum absolute atomic E-state index is 0.0877. The molecule has 0 aromatic heterocycles. The molecule has 0 saturated carbocycles. The number of Topliss-reactive ketones (excluding diaryl/α,β-unsaturated/α-hetero) is 1. The van der Waals surface area contributed by atoms with Crippen LogP contribution >= 0.6 is 0 Å². The highest BCUT2D eigenvalue weighted by Gasteiger charge is 2.47. The quantitative estimate of drug-likeness (QED) is 0.461. The Morgan fingerprint density at radius 2 is 2.14 bits per heavy atom. The Labute approximate surface area is 124 Å². The first-order valence-corrected chi connectivity index (χ1v) is 6.93. The van der Waals surface area contributed by atoms with Crippen molar-refractivity contribution in [2.45, 2.75) is 45.3 Å². The Hall–Kier alpha value is -1.88. The molecular weight excluding hydrogens is 272 g/mol. The molecule has 0 aromatic carbocycles. The second-order valence-corrected chi connectivity index (χ2v) is 5.08. The van der Waals surface area contributed by atoms with E-state index in [9.17, 15) is 14.7 Å². The molecule has 1 aliphatic heterocycles. The van der Waals surface area contributed by atoms with Crippen molar-refractivity contribution >= 4 is 11.8 Å². The maximum absolute atomic E-state index is 12.4. The molecule has 116 valence electrons. The van der Waals surface area contributed by atoms with Crippen molar-refractivity contribution in [1.82, 2.24) is 0 Å². The van der Waals surface area contributed by atoms with E-state index in [0.29, 0.717) is 0 Å². The molecule has 0 amide bonds. The molecule has 1 N–H and O–H groups in total. The first-order chi connectivity index (χ1) is 9.85. The molecule has 2 atom stereocenters. The van der Waals surface area contributed by atoms with Gasteiger partial charge in [-0.3, -0.25) is 4.79 Å². The van der Waals surface area contributed by atoms with Gasteiger partial charge < -0.3 is 14.6 Å². The molecule has 0 aliphatic carbocycles. The number of hydrogen-bond donors (Lipinski definition) is 1. The summed E-state index contributed by atoms with van der Waals surface area (Å²) in [7, 11) is 1.21. The number of carbonyl (C=O) groups excluding carboxylic acids is 2. The lowest BCUT2D eigenvalue weighted by molar-refractivity contribution is -0.138. The molecule has 0 radical (unpaired) electrons. The van der Waals surface area contributed by atoms with Crippen molar-refractivity contribution in [1.29, 1.82) is 0 Å². The first kappa shape index (κ1) is 17.2. The minimum Gasteiger partial charge on any atom is -0.478 e. The van der Waals surface area contributed by atoms with E-state index in [1.165, 1.54) is 7.11 Å². The Balaban J connectivity index is 3.07. The molecule has 0 saturated heterocycles. The number of hydrogen-bond acceptors (Lipinski definition) is 5. The number of ether oxygens (including phenoxy) is 2. The van der Waals surface area contributed by atoms with Crippen LogP contribution in [0.25, 0.3) is 0 Å². The lowest BCUT2D eigenvalue weighted by Crippen LogP contribution is -2.33. The fraction of sp³-hybridized carbons (Fsp3) is 0.500. The van der Waals surface area contributed by atoms with Gasteiger partial charge in [0.1, 0.15) is 11.3 Å². The average Bonchev–Trinajstić information content (AvgIpc) is 2.65. The number of ketones is 1. The second-order valence-electron chi connectivity index (χ2n) is 5.08. The predicted octanol–water partition coefficient (Wildman–Crippen LogP) is 2.06. The molecule has 1 heterocycles. The summed E-state index contributed by atoms with van der Waals surface area (Å²) in [5, 5.41) is 9.48. The third kappa shape index (κ3) is 4.04. The average molecular weight is 294 g/mol. The zero-order valence-electron chi connectivity index (χ0n) is 12.9. The zero-order chi connectivity index (χ0) is 16.0. The SMILES string of the molecule is CC/C=C/C=C/[C@@]1(C)OC(C[C@@H](C)O)=C(C(=O)OC)C1=O. The summed E-state index contributed by atoms with van der Waals surface area (Å²) in [5.41, 5.74) is -1.36. The van der Waals surface area contributed by atoms with Crippen LogP contribution in [0.1, 0.15) is 33.6 Å². The Morgan fingerprint density at radius 1 is 1.48 bits per heavy atom. The maximum atomic E-state index is 12.4. The summed E-state index contributed by atoms with van der Waals surface area (Å²) in [6.45, 7) is 5.15. The van der Waals surface area contributed by atoms with Gasteiger partial charge in [-0.05, 0) is 26.3 Å². The summed E-state index contributed by atoms with van der Waals surface area (Å²) in [6.07, 6.45) is 7.30. The van der Waals surface area contributed by atoms with E-state index in [-0.39, 0.29) is 17.8 Å². The summed E-state index contributed by atoms with van der Waals surface area (Å²) in [6, 6.07) is 0. The van der Waals surface area contributed by atoms with Crippen molar-refractivity contribution in [2.75, 3.05) is 7.11 Å². The summed E-state index contributed by atoms with van der Waals surface area (Å²) < 4.78 is 10.3. The van der Waals surface area contributed by atoms with E-state index >= 15 is 0 Å². The largest absolute Gasteiger partial charge is 0.478 e. The molecule has 5 nitrogen and oxygen atoms in total. The Kier molecular flexibility index (Phi) is 5.90. The van der Waals surface area contributed by atoms with Crippen LogP contribution in [-0.2, 0) is 19.1 Å². The molecule has 0 aromatic rings. The van der Waals surface area contributed by atoms with E-state index < -0.39 is 23.5 Å². The van der Waals surface area contributed by atoms with Crippen molar-refractivity contribution < 1.29 is 24.2 Å². The fourth-order valence-electron chi connectivity index (χ4n) is 2.01. The van der Waals surface area contributed by atoms with Crippen molar-refractivity contribution in [3.8, 4) is 0 Å². The van der Waals surface area contributed by atoms with Crippen LogP contribution in [-0.4, -0.2) is 35.7 Å². The van der Waals surface area contributed by atoms with E-state index in [1.54, 1.807) is 26.0 Å². The van der Waals surface area contributed by atoms with Gasteiger partial charge in [0.25, 0.3) is 0 Å². The maximum Gasteiger partial charge on any atom is 0.345 e. The van der Waals surface area contributed by atoms with Gasteiger partial charge >= 0.3 is 5.97 Å². The van der Waals surface area contributed by atoms with E-state index in [1.807, 2.05) is 19.1 Å². The summed E-state index contributed by atoms with van der Waals surface area (Å²) >= 11 is 0. The van der Waals surface area contributed by atoms with Crippen LogP contribution in [0, 0.1) is 0 Å². The predicted molar refractivity (Wildman–Crippen MR) is 78.4 cm³/mol. The number of allylic oxidation sites excluding steroid dienone is 3. The van der Waals surface area contributed by atoms with Gasteiger partial charge in [0, 0.05) is 6.42 Å². The molecule has 0 spiro atoms. The van der Waals surface area contributed by atoms with Gasteiger partial charge in [0.05, 0.1) is 13.2 Å². The van der Waals surface area contributed by atoms with Crippen molar-refractivity contribution in [3.05, 3.63) is 35.6 Å². The van der Waals surface area contributed by atoms with Gasteiger partial charge in [-0.25, -0.2) is 4.79 Å². The Morgan fingerprint density at radius 3 is 2.67 bits per heavy atom. The number of rotatable bonds is 6. The van der Waals surface area contributed by atoms with Crippen molar-refractivity contribution in [2.24, 2.45) is 0 Å². The highest BCUT2D eigenvalue weighted by atomic mass is 16.5. The van der Waals surface area contributed by atoms with Crippen molar-refractivity contribution in [3.63, 3.8) is 0 Å². The third-order valence-electron chi connectivity index (χ3n) is 3.06. The van der Waals surface area contributed by atoms with E-state index in [0.717, 1.165) is 6.42 Å². The molecule has 0 unspecified atom stereocenters. The highest BCUT2D eigenvalue weighted by Crippen LogP contribution is 2.34. The van der Waals surface area contributed by atoms with Crippen LogP contribution in [0.5, 0.6) is 0 Å². The van der Waals surface area contributed by atoms with Gasteiger partial charge in [-0.2, -0.15) is 0 Å². The Bertz CT molecular complexity index is 499. The summed E-state index contributed by atoms with van der Waals surface area (Å²) in [5.74, 6) is -1.02. The third-order valence-corrected chi connectivity index (χ3v) is 3.06. The summed E-state index contributed by atoms with van der Waals surface area (Å²) in [4.78, 5) is 24.2. The van der Waals surface area contributed by atoms with Crippen LogP contribution in [0.2, 0.25) is 0 Å². The van der Waals surface area contributed by atoms with E-state index in [4.69, 9.17) is 4.74 Å². The lowest BCUT2D eigenvalue weighted by Gasteiger charge is -2.19. The van der Waals surface area contributed by atoms with Gasteiger partial charge in [0.2, 0.25) is 5.78 Å². The molecule has 0 fully saturated rings. The highest BCUT2D eigenvalue weighted by molar-refractivity contribution is 6.22. The van der Waals surface area contributed by atoms with Gasteiger partial charge in [-0.1, -0.05) is 25.2 Å². The second kappa shape index (κ2) is 7.22. The number of aliphatic hydroxyl groups is 1. The van der Waals surface area contributed by atoms with Gasteiger partial charge in [-0.15, -0.1) is 0 Å². The molecule has 0 bridgehead atoms. The molecule has 1 aliphatic rings. The molecule has 5 heteroatoms. The minimum atomic E-state index is -1.24. The normalized spacial score (nSPS) is 24.0. The van der Waals surface area contributed by atoms with Crippen LogP contribution < -0.4 is 0 Å². The molecule has 1 rings (SSSR count).